The minimum absolute atomic E-state index is 0.376. The zero-order chi connectivity index (χ0) is 13.4. The van der Waals surface area contributed by atoms with Crippen molar-refractivity contribution in [3.8, 4) is 5.69 Å². The number of rotatable bonds is 2. The molecular weight excluding hydrogens is 231 g/mol. The maximum Gasteiger partial charge on any atom is 0.149 e. The predicted octanol–water partition coefficient (Wildman–Crippen LogP) is 2.99. The van der Waals surface area contributed by atoms with Crippen molar-refractivity contribution < 1.29 is 9.50 Å². The molecule has 1 aromatic carbocycles. The van der Waals surface area contributed by atoms with E-state index in [0.29, 0.717) is 11.3 Å². The maximum atomic E-state index is 14.0. The minimum Gasteiger partial charge on any atom is -0.389 e. The van der Waals surface area contributed by atoms with Crippen LogP contribution in [0.5, 0.6) is 0 Å². The Hall–Kier alpha value is -1.68. The van der Waals surface area contributed by atoms with Crippen molar-refractivity contribution in [1.82, 2.24) is 9.78 Å². The lowest BCUT2D eigenvalue weighted by atomic mass is 10.1. The highest BCUT2D eigenvalue weighted by atomic mass is 19.1. The molecule has 0 unspecified atom stereocenters. The van der Waals surface area contributed by atoms with Crippen molar-refractivity contribution >= 4 is 0 Å². The Kier molecular flexibility index (Phi) is 3.22. The van der Waals surface area contributed by atoms with Gasteiger partial charge in [0.15, 0.2) is 0 Å². The summed E-state index contributed by atoms with van der Waals surface area (Å²) in [5.41, 5.74) is 3.86. The quantitative estimate of drug-likeness (QED) is 0.887. The molecule has 2 rings (SSSR count). The monoisotopic (exact) mass is 248 g/mol. The van der Waals surface area contributed by atoms with Gasteiger partial charge in [0.25, 0.3) is 0 Å². The first-order chi connectivity index (χ1) is 8.41. The molecule has 1 atom stereocenters. The molecular formula is C14H17FN2O. The van der Waals surface area contributed by atoms with E-state index >= 15 is 0 Å². The number of aryl methyl sites for hydroxylation is 1. The summed E-state index contributed by atoms with van der Waals surface area (Å²) in [5.74, 6) is -0.376. The number of hydrogen-bond acceptors (Lipinski definition) is 2. The molecule has 1 heterocycles. The van der Waals surface area contributed by atoms with Gasteiger partial charge in [0.2, 0.25) is 0 Å². The molecule has 0 saturated heterocycles. The van der Waals surface area contributed by atoms with Crippen LogP contribution in [0.15, 0.2) is 18.2 Å². The third-order valence-corrected chi connectivity index (χ3v) is 3.34. The second kappa shape index (κ2) is 4.53. The van der Waals surface area contributed by atoms with Gasteiger partial charge in [-0.2, -0.15) is 5.10 Å². The molecule has 2 aromatic rings. The molecule has 0 saturated carbocycles. The van der Waals surface area contributed by atoms with E-state index in [1.165, 1.54) is 6.07 Å². The number of hydrogen-bond donors (Lipinski definition) is 1. The fraction of sp³-hybridized carbons (Fsp3) is 0.357. The lowest BCUT2D eigenvalue weighted by Gasteiger charge is -2.09. The Morgan fingerprint density at radius 1 is 1.28 bits per heavy atom. The van der Waals surface area contributed by atoms with Crippen LogP contribution >= 0.6 is 0 Å². The standard InChI is InChI=1S/C14H17FN2O/c1-8-9(2)16-17(10(8)3)14-6-5-12(11(4)18)7-13(14)15/h5-7,11,18H,1-4H3/t11-/m0/s1. The summed E-state index contributed by atoms with van der Waals surface area (Å²) in [4.78, 5) is 0. The van der Waals surface area contributed by atoms with Crippen LogP contribution in [-0.2, 0) is 0 Å². The highest BCUT2D eigenvalue weighted by Gasteiger charge is 2.13. The van der Waals surface area contributed by atoms with E-state index in [-0.39, 0.29) is 5.82 Å². The van der Waals surface area contributed by atoms with Crippen LogP contribution in [0.25, 0.3) is 5.69 Å². The van der Waals surface area contributed by atoms with Crippen LogP contribution < -0.4 is 0 Å². The van der Waals surface area contributed by atoms with Crippen LogP contribution in [0.3, 0.4) is 0 Å². The van der Waals surface area contributed by atoms with E-state index < -0.39 is 6.10 Å². The third kappa shape index (κ3) is 2.04. The Morgan fingerprint density at radius 3 is 2.39 bits per heavy atom. The maximum absolute atomic E-state index is 14.0. The second-order valence-electron chi connectivity index (χ2n) is 4.59. The Labute approximate surface area is 106 Å². The highest BCUT2D eigenvalue weighted by Crippen LogP contribution is 2.22. The van der Waals surface area contributed by atoms with E-state index in [9.17, 15) is 9.50 Å². The topological polar surface area (TPSA) is 38.0 Å². The van der Waals surface area contributed by atoms with Gasteiger partial charge in [0, 0.05) is 5.69 Å². The van der Waals surface area contributed by atoms with Crippen molar-refractivity contribution in [3.05, 3.63) is 46.5 Å². The third-order valence-electron chi connectivity index (χ3n) is 3.34. The summed E-state index contributed by atoms with van der Waals surface area (Å²) in [5, 5.41) is 13.8. The van der Waals surface area contributed by atoms with Gasteiger partial charge in [0.1, 0.15) is 11.5 Å². The number of aliphatic hydroxyl groups excluding tert-OH is 1. The average molecular weight is 248 g/mol. The number of benzene rings is 1. The Balaban J connectivity index is 2.54. The Morgan fingerprint density at radius 2 is 1.94 bits per heavy atom. The molecule has 0 fully saturated rings. The van der Waals surface area contributed by atoms with E-state index in [1.54, 1.807) is 23.7 Å². The second-order valence-corrected chi connectivity index (χ2v) is 4.59. The summed E-state index contributed by atoms with van der Waals surface area (Å²) in [6, 6.07) is 4.72. The number of halogens is 1. The van der Waals surface area contributed by atoms with Gasteiger partial charge in [-0.05, 0) is 51.0 Å². The number of aromatic nitrogens is 2. The van der Waals surface area contributed by atoms with Gasteiger partial charge in [-0.1, -0.05) is 6.07 Å². The van der Waals surface area contributed by atoms with Gasteiger partial charge >= 0.3 is 0 Å². The predicted molar refractivity (Wildman–Crippen MR) is 68.4 cm³/mol. The van der Waals surface area contributed by atoms with Crippen molar-refractivity contribution in [2.75, 3.05) is 0 Å². The zero-order valence-corrected chi connectivity index (χ0v) is 11.0. The first-order valence-corrected chi connectivity index (χ1v) is 5.92. The lowest BCUT2D eigenvalue weighted by Crippen LogP contribution is -2.03. The SMILES string of the molecule is Cc1nn(-c2ccc([C@H](C)O)cc2F)c(C)c1C. The summed E-state index contributed by atoms with van der Waals surface area (Å²) < 4.78 is 15.6. The van der Waals surface area contributed by atoms with Crippen molar-refractivity contribution in [1.29, 1.82) is 0 Å². The molecule has 0 aliphatic heterocycles. The van der Waals surface area contributed by atoms with Gasteiger partial charge in [0.05, 0.1) is 11.8 Å². The highest BCUT2D eigenvalue weighted by molar-refractivity contribution is 5.40. The smallest absolute Gasteiger partial charge is 0.149 e. The molecule has 0 aliphatic carbocycles. The molecule has 0 amide bonds. The van der Waals surface area contributed by atoms with Crippen LogP contribution in [0.1, 0.15) is 35.5 Å². The largest absolute Gasteiger partial charge is 0.389 e. The summed E-state index contributed by atoms with van der Waals surface area (Å²) in [6.45, 7) is 7.40. The fourth-order valence-electron chi connectivity index (χ4n) is 1.91. The summed E-state index contributed by atoms with van der Waals surface area (Å²) in [7, 11) is 0. The number of aliphatic hydroxyl groups is 1. The van der Waals surface area contributed by atoms with Gasteiger partial charge in [-0.15, -0.1) is 0 Å². The zero-order valence-electron chi connectivity index (χ0n) is 11.0. The fourth-order valence-corrected chi connectivity index (χ4v) is 1.91. The van der Waals surface area contributed by atoms with Crippen molar-refractivity contribution in [2.45, 2.75) is 33.8 Å². The van der Waals surface area contributed by atoms with E-state index in [2.05, 4.69) is 5.10 Å². The normalized spacial score (nSPS) is 12.8. The van der Waals surface area contributed by atoms with Gasteiger partial charge in [-0.3, -0.25) is 0 Å². The van der Waals surface area contributed by atoms with Crippen LogP contribution in [0.2, 0.25) is 0 Å². The number of nitrogens with zero attached hydrogens (tertiary/aromatic N) is 2. The molecule has 4 heteroatoms. The molecule has 0 radical (unpaired) electrons. The van der Waals surface area contributed by atoms with Gasteiger partial charge in [-0.25, -0.2) is 9.07 Å². The average Bonchev–Trinajstić information content (AvgIpc) is 2.57. The summed E-state index contributed by atoms with van der Waals surface area (Å²) in [6.07, 6.45) is -0.671. The molecule has 0 aliphatic rings. The minimum atomic E-state index is -0.671. The van der Waals surface area contributed by atoms with Crippen LogP contribution in [0.4, 0.5) is 4.39 Å². The van der Waals surface area contributed by atoms with Crippen LogP contribution in [0, 0.1) is 26.6 Å². The van der Waals surface area contributed by atoms with Gasteiger partial charge < -0.3 is 5.11 Å². The van der Waals surface area contributed by atoms with E-state index in [1.807, 2.05) is 20.8 Å². The van der Waals surface area contributed by atoms with E-state index in [4.69, 9.17) is 0 Å². The molecule has 0 spiro atoms. The van der Waals surface area contributed by atoms with Crippen molar-refractivity contribution in [3.63, 3.8) is 0 Å². The molecule has 3 nitrogen and oxygen atoms in total. The van der Waals surface area contributed by atoms with Crippen molar-refractivity contribution in [2.24, 2.45) is 0 Å². The molecule has 1 N–H and O–H groups in total. The molecule has 0 bridgehead atoms. The molecule has 18 heavy (non-hydrogen) atoms. The first kappa shape index (κ1) is 12.8. The molecule has 1 aromatic heterocycles. The first-order valence-electron chi connectivity index (χ1n) is 5.92. The van der Waals surface area contributed by atoms with Crippen LogP contribution in [-0.4, -0.2) is 14.9 Å². The summed E-state index contributed by atoms with van der Waals surface area (Å²) >= 11 is 0. The van der Waals surface area contributed by atoms with E-state index in [0.717, 1.165) is 17.0 Å². The Bertz CT molecular complexity index is 588. The lowest BCUT2D eigenvalue weighted by molar-refractivity contribution is 0.199. The molecule has 96 valence electrons.